The van der Waals surface area contributed by atoms with Gasteiger partial charge in [0.05, 0.1) is 12.6 Å². The zero-order chi connectivity index (χ0) is 21.6. The fraction of sp³-hybridized carbons (Fsp3) is 0.417. The number of benzene rings is 2. The van der Waals surface area contributed by atoms with Crippen LogP contribution >= 0.6 is 0 Å². The summed E-state index contributed by atoms with van der Waals surface area (Å²) in [7, 11) is 1.81. The van der Waals surface area contributed by atoms with Crippen LogP contribution < -0.4 is 5.32 Å². The second kappa shape index (κ2) is 10.2. The molecule has 0 fully saturated rings. The number of hydrogen-bond acceptors (Lipinski definition) is 3. The first-order valence-electron chi connectivity index (χ1n) is 10.1. The molecule has 0 heterocycles. The van der Waals surface area contributed by atoms with Crippen LogP contribution in [0, 0.1) is 20.8 Å². The van der Waals surface area contributed by atoms with Crippen LogP contribution in [0.3, 0.4) is 0 Å². The van der Waals surface area contributed by atoms with Crippen molar-refractivity contribution in [1.82, 2.24) is 9.80 Å². The Labute approximate surface area is 174 Å². The van der Waals surface area contributed by atoms with Crippen LogP contribution in [0.2, 0.25) is 0 Å². The Balaban J connectivity index is 1.99. The average molecular weight is 396 g/mol. The first-order chi connectivity index (χ1) is 13.7. The largest absolute Gasteiger partial charge is 0.337 e. The molecule has 0 spiro atoms. The van der Waals surface area contributed by atoms with Crippen LogP contribution in [0.15, 0.2) is 42.5 Å². The van der Waals surface area contributed by atoms with Crippen LogP contribution in [0.1, 0.15) is 36.1 Å². The van der Waals surface area contributed by atoms with Gasteiger partial charge in [0.1, 0.15) is 0 Å². The molecular weight excluding hydrogens is 362 g/mol. The van der Waals surface area contributed by atoms with Crippen molar-refractivity contribution in [1.29, 1.82) is 0 Å². The summed E-state index contributed by atoms with van der Waals surface area (Å²) in [4.78, 5) is 29.2. The lowest BCUT2D eigenvalue weighted by molar-refractivity contribution is -0.136. The summed E-state index contributed by atoms with van der Waals surface area (Å²) in [5, 5.41) is 3.01. The molecule has 0 unspecified atom stereocenters. The summed E-state index contributed by atoms with van der Waals surface area (Å²) in [5.74, 6) is -0.0948. The third-order valence-corrected chi connectivity index (χ3v) is 5.26. The van der Waals surface area contributed by atoms with Crippen LogP contribution in [0.5, 0.6) is 0 Å². The molecule has 2 aromatic rings. The Morgan fingerprint density at radius 3 is 2.17 bits per heavy atom. The minimum Gasteiger partial charge on any atom is -0.337 e. The van der Waals surface area contributed by atoms with Crippen LogP contribution in [-0.4, -0.2) is 47.8 Å². The molecule has 1 N–H and O–H groups in total. The Morgan fingerprint density at radius 2 is 1.62 bits per heavy atom. The number of carbonyl (C=O) groups is 2. The summed E-state index contributed by atoms with van der Waals surface area (Å²) >= 11 is 0. The maximum absolute atomic E-state index is 13.0. The zero-order valence-corrected chi connectivity index (χ0v) is 18.5. The zero-order valence-electron chi connectivity index (χ0n) is 18.5. The van der Waals surface area contributed by atoms with Gasteiger partial charge in [0, 0.05) is 18.8 Å². The molecule has 5 heteroatoms. The minimum absolute atomic E-state index is 0.0225. The van der Waals surface area contributed by atoms with Gasteiger partial charge in [0.25, 0.3) is 0 Å². The lowest BCUT2D eigenvalue weighted by Crippen LogP contribution is -2.47. The summed E-state index contributed by atoms with van der Waals surface area (Å²) in [6, 6.07) is 13.7. The van der Waals surface area contributed by atoms with E-state index in [2.05, 4.69) is 17.4 Å². The molecule has 2 aromatic carbocycles. The Kier molecular flexibility index (Phi) is 7.97. The van der Waals surface area contributed by atoms with Crippen molar-refractivity contribution >= 4 is 17.5 Å². The van der Waals surface area contributed by atoms with Crippen molar-refractivity contribution in [3.63, 3.8) is 0 Å². The van der Waals surface area contributed by atoms with Crippen LogP contribution in [0.4, 0.5) is 5.69 Å². The van der Waals surface area contributed by atoms with Crippen LogP contribution in [0.25, 0.3) is 0 Å². The topological polar surface area (TPSA) is 52.7 Å². The molecule has 0 aliphatic rings. The highest BCUT2D eigenvalue weighted by atomic mass is 16.2. The summed E-state index contributed by atoms with van der Waals surface area (Å²) in [5.41, 5.74) is 5.21. The molecule has 5 nitrogen and oxygen atoms in total. The van der Waals surface area contributed by atoms with E-state index in [1.54, 1.807) is 4.90 Å². The second-order valence-electron chi connectivity index (χ2n) is 7.75. The molecule has 156 valence electrons. The van der Waals surface area contributed by atoms with Gasteiger partial charge in [-0.2, -0.15) is 0 Å². The number of amides is 2. The van der Waals surface area contributed by atoms with E-state index in [0.717, 1.165) is 22.4 Å². The SMILES string of the molecule is CCN(Cc1ccccc1)C(=O)[C@H](C)N(C)CC(=O)Nc1c(C)cc(C)cc1C. The average Bonchev–Trinajstić information content (AvgIpc) is 2.68. The Bertz CT molecular complexity index is 825. The quantitative estimate of drug-likeness (QED) is 0.737. The number of aryl methyl sites for hydroxylation is 3. The molecule has 0 aliphatic carbocycles. The smallest absolute Gasteiger partial charge is 0.239 e. The number of carbonyl (C=O) groups excluding carboxylic acids is 2. The molecule has 0 saturated heterocycles. The lowest BCUT2D eigenvalue weighted by atomic mass is 10.1. The molecule has 1 atom stereocenters. The maximum Gasteiger partial charge on any atom is 0.239 e. The van der Waals surface area contributed by atoms with Crippen molar-refractivity contribution in [2.45, 2.75) is 47.2 Å². The first-order valence-corrected chi connectivity index (χ1v) is 10.1. The van der Waals surface area contributed by atoms with E-state index in [-0.39, 0.29) is 24.4 Å². The minimum atomic E-state index is -0.385. The van der Waals surface area contributed by atoms with Gasteiger partial charge in [0.15, 0.2) is 0 Å². The highest BCUT2D eigenvalue weighted by molar-refractivity contribution is 5.94. The van der Waals surface area contributed by atoms with Crippen molar-refractivity contribution in [2.75, 3.05) is 25.5 Å². The predicted molar refractivity (Wildman–Crippen MR) is 119 cm³/mol. The fourth-order valence-corrected chi connectivity index (χ4v) is 3.52. The fourth-order valence-electron chi connectivity index (χ4n) is 3.52. The summed E-state index contributed by atoms with van der Waals surface area (Å²) < 4.78 is 0. The van der Waals surface area contributed by atoms with Gasteiger partial charge in [-0.3, -0.25) is 14.5 Å². The maximum atomic E-state index is 13.0. The number of nitrogens with zero attached hydrogens (tertiary/aromatic N) is 2. The molecule has 0 bridgehead atoms. The van der Waals surface area contributed by atoms with Crippen molar-refractivity contribution in [3.8, 4) is 0 Å². The van der Waals surface area contributed by atoms with Gasteiger partial charge in [-0.05, 0) is 58.4 Å². The van der Waals surface area contributed by atoms with E-state index < -0.39 is 0 Å². The molecule has 2 amide bonds. The van der Waals surface area contributed by atoms with Gasteiger partial charge in [0.2, 0.25) is 11.8 Å². The first kappa shape index (κ1) is 22.6. The molecular formula is C24H33N3O2. The third kappa shape index (κ3) is 6.16. The molecule has 0 aliphatic heterocycles. The molecule has 0 radical (unpaired) electrons. The van der Waals surface area contributed by atoms with Gasteiger partial charge in [-0.25, -0.2) is 0 Å². The van der Waals surface area contributed by atoms with E-state index in [1.807, 2.05) is 76.9 Å². The number of rotatable bonds is 8. The highest BCUT2D eigenvalue weighted by Gasteiger charge is 2.24. The van der Waals surface area contributed by atoms with Gasteiger partial charge in [-0.1, -0.05) is 48.0 Å². The Hall–Kier alpha value is -2.66. The summed E-state index contributed by atoms with van der Waals surface area (Å²) in [6.07, 6.45) is 0. The number of likely N-dealkylation sites (N-methyl/N-ethyl adjacent to an activating group) is 2. The molecule has 29 heavy (non-hydrogen) atoms. The van der Waals surface area contributed by atoms with E-state index in [4.69, 9.17) is 0 Å². The number of anilines is 1. The summed E-state index contributed by atoms with van der Waals surface area (Å²) in [6.45, 7) is 11.2. The molecule has 0 saturated carbocycles. The number of hydrogen-bond donors (Lipinski definition) is 1. The van der Waals surface area contributed by atoms with E-state index in [1.165, 1.54) is 5.56 Å². The van der Waals surface area contributed by atoms with E-state index in [9.17, 15) is 9.59 Å². The lowest BCUT2D eigenvalue weighted by Gasteiger charge is -2.29. The van der Waals surface area contributed by atoms with Crippen molar-refractivity contribution in [3.05, 3.63) is 64.7 Å². The van der Waals surface area contributed by atoms with E-state index >= 15 is 0 Å². The molecule has 0 aromatic heterocycles. The predicted octanol–water partition coefficient (Wildman–Crippen LogP) is 3.92. The third-order valence-electron chi connectivity index (χ3n) is 5.26. The normalized spacial score (nSPS) is 12.0. The van der Waals surface area contributed by atoms with Crippen molar-refractivity contribution in [2.24, 2.45) is 0 Å². The van der Waals surface area contributed by atoms with Gasteiger partial charge >= 0.3 is 0 Å². The number of nitrogens with one attached hydrogen (secondary N) is 1. The Morgan fingerprint density at radius 1 is 1.03 bits per heavy atom. The monoisotopic (exact) mass is 395 g/mol. The van der Waals surface area contributed by atoms with Gasteiger partial charge in [-0.15, -0.1) is 0 Å². The van der Waals surface area contributed by atoms with E-state index in [0.29, 0.717) is 13.1 Å². The second-order valence-corrected chi connectivity index (χ2v) is 7.75. The van der Waals surface area contributed by atoms with Gasteiger partial charge < -0.3 is 10.2 Å². The highest BCUT2D eigenvalue weighted by Crippen LogP contribution is 2.22. The van der Waals surface area contributed by atoms with Crippen LogP contribution in [-0.2, 0) is 16.1 Å². The molecule has 2 rings (SSSR count). The van der Waals surface area contributed by atoms with Crippen molar-refractivity contribution < 1.29 is 9.59 Å². The standard InChI is InChI=1S/C24H33N3O2/c1-7-27(15-21-11-9-8-10-12-21)24(29)20(5)26(6)16-22(28)25-23-18(3)13-17(2)14-19(23)4/h8-14,20H,7,15-16H2,1-6H3,(H,25,28)/t20-/m0/s1.